The summed E-state index contributed by atoms with van der Waals surface area (Å²) in [4.78, 5) is 4.32. The van der Waals surface area contributed by atoms with E-state index in [2.05, 4.69) is 34.2 Å². The van der Waals surface area contributed by atoms with Gasteiger partial charge >= 0.3 is 0 Å². The summed E-state index contributed by atoms with van der Waals surface area (Å²) in [7, 11) is 1.94. The molecule has 0 aliphatic rings. The zero-order valence-electron chi connectivity index (χ0n) is 12.4. The third kappa shape index (κ3) is 2.54. The fourth-order valence-corrected chi connectivity index (χ4v) is 2.65. The Labute approximate surface area is 123 Å². The SMILES string of the molecule is CCCn1ncnc1CC(N)c1nn(C)c2ccccc12. The van der Waals surface area contributed by atoms with Gasteiger partial charge in [-0.3, -0.25) is 9.36 Å². The van der Waals surface area contributed by atoms with Gasteiger partial charge in [-0.25, -0.2) is 4.98 Å². The van der Waals surface area contributed by atoms with Gasteiger partial charge in [-0.2, -0.15) is 10.2 Å². The lowest BCUT2D eigenvalue weighted by molar-refractivity contribution is 0.543. The van der Waals surface area contributed by atoms with E-state index in [1.54, 1.807) is 6.33 Å². The molecule has 3 aromatic rings. The minimum Gasteiger partial charge on any atom is -0.322 e. The molecule has 0 fully saturated rings. The molecule has 2 heterocycles. The fraction of sp³-hybridized carbons (Fsp3) is 0.400. The van der Waals surface area contributed by atoms with Crippen molar-refractivity contribution in [1.29, 1.82) is 0 Å². The predicted molar refractivity (Wildman–Crippen MR) is 81.7 cm³/mol. The van der Waals surface area contributed by atoms with Crippen LogP contribution in [0, 0.1) is 0 Å². The molecule has 6 nitrogen and oxygen atoms in total. The average Bonchev–Trinajstić information content (AvgIpc) is 3.05. The van der Waals surface area contributed by atoms with Crippen molar-refractivity contribution in [3.05, 3.63) is 42.1 Å². The minimum atomic E-state index is -0.184. The Balaban J connectivity index is 1.90. The van der Waals surface area contributed by atoms with Crippen LogP contribution < -0.4 is 5.73 Å². The van der Waals surface area contributed by atoms with E-state index in [0.29, 0.717) is 6.42 Å². The maximum Gasteiger partial charge on any atom is 0.138 e. The van der Waals surface area contributed by atoms with Gasteiger partial charge in [0.1, 0.15) is 12.2 Å². The monoisotopic (exact) mass is 284 g/mol. The van der Waals surface area contributed by atoms with Crippen molar-refractivity contribution >= 4 is 10.9 Å². The summed E-state index contributed by atoms with van der Waals surface area (Å²) >= 11 is 0. The molecule has 2 aromatic heterocycles. The maximum atomic E-state index is 6.37. The number of para-hydroxylation sites is 1. The van der Waals surface area contributed by atoms with Crippen LogP contribution >= 0.6 is 0 Å². The van der Waals surface area contributed by atoms with Gasteiger partial charge in [-0.05, 0) is 12.5 Å². The lowest BCUT2D eigenvalue weighted by Crippen LogP contribution is -2.18. The largest absolute Gasteiger partial charge is 0.322 e. The number of benzene rings is 1. The molecule has 0 saturated carbocycles. The van der Waals surface area contributed by atoms with Gasteiger partial charge < -0.3 is 5.73 Å². The first-order chi connectivity index (χ1) is 10.2. The molecule has 3 rings (SSSR count). The van der Waals surface area contributed by atoms with Crippen molar-refractivity contribution < 1.29 is 0 Å². The molecule has 0 radical (unpaired) electrons. The van der Waals surface area contributed by atoms with Crippen LogP contribution in [0.1, 0.15) is 30.9 Å². The van der Waals surface area contributed by atoms with E-state index in [-0.39, 0.29) is 6.04 Å². The maximum absolute atomic E-state index is 6.37. The van der Waals surface area contributed by atoms with Crippen molar-refractivity contribution in [3.63, 3.8) is 0 Å². The van der Waals surface area contributed by atoms with E-state index in [1.165, 1.54) is 0 Å². The van der Waals surface area contributed by atoms with Gasteiger partial charge in [0, 0.05) is 25.4 Å². The van der Waals surface area contributed by atoms with Crippen LogP contribution in [0.15, 0.2) is 30.6 Å². The number of hydrogen-bond donors (Lipinski definition) is 1. The summed E-state index contributed by atoms with van der Waals surface area (Å²) in [6.45, 7) is 2.99. The van der Waals surface area contributed by atoms with Gasteiger partial charge in [0.2, 0.25) is 0 Å². The molecule has 0 aliphatic heterocycles. The minimum absolute atomic E-state index is 0.184. The second kappa shape index (κ2) is 5.65. The van der Waals surface area contributed by atoms with Gasteiger partial charge in [0.25, 0.3) is 0 Å². The van der Waals surface area contributed by atoms with E-state index in [4.69, 9.17) is 5.73 Å². The van der Waals surface area contributed by atoms with Crippen LogP contribution in [-0.4, -0.2) is 24.5 Å². The highest BCUT2D eigenvalue weighted by molar-refractivity contribution is 5.82. The zero-order valence-corrected chi connectivity index (χ0v) is 12.4. The predicted octanol–water partition coefficient (Wildman–Crippen LogP) is 1.82. The first-order valence-electron chi connectivity index (χ1n) is 7.24. The summed E-state index contributed by atoms with van der Waals surface area (Å²) in [6, 6.07) is 7.96. The first kappa shape index (κ1) is 13.8. The van der Waals surface area contributed by atoms with Crippen molar-refractivity contribution in [1.82, 2.24) is 24.5 Å². The second-order valence-corrected chi connectivity index (χ2v) is 5.24. The number of aryl methyl sites for hydroxylation is 2. The van der Waals surface area contributed by atoms with E-state index < -0.39 is 0 Å². The quantitative estimate of drug-likeness (QED) is 0.775. The summed E-state index contributed by atoms with van der Waals surface area (Å²) < 4.78 is 3.80. The molecule has 1 aromatic carbocycles. The van der Waals surface area contributed by atoms with E-state index in [0.717, 1.165) is 35.4 Å². The van der Waals surface area contributed by atoms with Crippen LogP contribution in [0.3, 0.4) is 0 Å². The molecule has 0 bridgehead atoms. The number of nitrogens with two attached hydrogens (primary N) is 1. The average molecular weight is 284 g/mol. The summed E-state index contributed by atoms with van der Waals surface area (Å²) in [5, 5.41) is 9.93. The van der Waals surface area contributed by atoms with Crippen LogP contribution in [-0.2, 0) is 20.0 Å². The number of nitrogens with zero attached hydrogens (tertiary/aromatic N) is 5. The Hall–Kier alpha value is -2.21. The fourth-order valence-electron chi connectivity index (χ4n) is 2.65. The molecule has 1 atom stereocenters. The Morgan fingerprint density at radius 2 is 2.10 bits per heavy atom. The van der Waals surface area contributed by atoms with Crippen molar-refractivity contribution in [2.75, 3.05) is 0 Å². The molecule has 1 unspecified atom stereocenters. The Morgan fingerprint density at radius 3 is 2.90 bits per heavy atom. The van der Waals surface area contributed by atoms with Crippen LogP contribution in [0.4, 0.5) is 0 Å². The molecule has 0 amide bonds. The Morgan fingerprint density at radius 1 is 1.29 bits per heavy atom. The smallest absolute Gasteiger partial charge is 0.138 e. The normalized spacial score (nSPS) is 12.9. The molecule has 0 aliphatic carbocycles. The van der Waals surface area contributed by atoms with Crippen molar-refractivity contribution in [2.45, 2.75) is 32.4 Å². The summed E-state index contributed by atoms with van der Waals surface area (Å²) in [6.07, 6.45) is 3.26. The topological polar surface area (TPSA) is 74.6 Å². The molecule has 21 heavy (non-hydrogen) atoms. The molecule has 6 heteroatoms. The standard InChI is InChI=1S/C15H20N6/c1-3-8-21-14(17-10-18-21)9-12(16)15-11-6-4-5-7-13(11)20(2)19-15/h4-7,10,12H,3,8-9,16H2,1-2H3. The van der Waals surface area contributed by atoms with E-state index in [1.807, 2.05) is 28.5 Å². The van der Waals surface area contributed by atoms with Crippen LogP contribution in [0.2, 0.25) is 0 Å². The zero-order chi connectivity index (χ0) is 14.8. The lowest BCUT2D eigenvalue weighted by atomic mass is 10.1. The number of rotatable bonds is 5. The van der Waals surface area contributed by atoms with E-state index in [9.17, 15) is 0 Å². The molecular weight excluding hydrogens is 264 g/mol. The van der Waals surface area contributed by atoms with Crippen molar-refractivity contribution in [3.8, 4) is 0 Å². The molecule has 0 spiro atoms. The van der Waals surface area contributed by atoms with Gasteiger partial charge in [-0.15, -0.1) is 0 Å². The molecule has 0 saturated heterocycles. The van der Waals surface area contributed by atoms with Crippen molar-refractivity contribution in [2.24, 2.45) is 12.8 Å². The number of fused-ring (bicyclic) bond motifs is 1. The Kier molecular flexibility index (Phi) is 3.70. The number of hydrogen-bond acceptors (Lipinski definition) is 4. The number of aromatic nitrogens is 5. The first-order valence-corrected chi connectivity index (χ1v) is 7.24. The molecule has 110 valence electrons. The van der Waals surface area contributed by atoms with Gasteiger partial charge in [0.05, 0.1) is 17.3 Å². The Bertz CT molecular complexity index is 742. The molecular formula is C15H20N6. The highest BCUT2D eigenvalue weighted by Crippen LogP contribution is 2.23. The van der Waals surface area contributed by atoms with Gasteiger partial charge in [-0.1, -0.05) is 25.1 Å². The van der Waals surface area contributed by atoms with Crippen LogP contribution in [0.25, 0.3) is 10.9 Å². The van der Waals surface area contributed by atoms with Gasteiger partial charge in [0.15, 0.2) is 0 Å². The van der Waals surface area contributed by atoms with E-state index >= 15 is 0 Å². The highest BCUT2D eigenvalue weighted by atomic mass is 15.3. The third-order valence-corrected chi connectivity index (χ3v) is 3.67. The van der Waals surface area contributed by atoms with Crippen LogP contribution in [0.5, 0.6) is 0 Å². The summed E-state index contributed by atoms with van der Waals surface area (Å²) in [5.41, 5.74) is 8.38. The lowest BCUT2D eigenvalue weighted by Gasteiger charge is -2.10. The highest BCUT2D eigenvalue weighted by Gasteiger charge is 2.18. The molecule has 2 N–H and O–H groups in total. The second-order valence-electron chi connectivity index (χ2n) is 5.24. The summed E-state index contributed by atoms with van der Waals surface area (Å²) in [5.74, 6) is 0.916. The third-order valence-electron chi connectivity index (χ3n) is 3.67.